The average molecular weight is 555 g/mol. The van der Waals surface area contributed by atoms with Gasteiger partial charge in [0.05, 0.1) is 23.4 Å². The molecular formula is C24H20F7N7O. The summed E-state index contributed by atoms with van der Waals surface area (Å²) in [5, 5.41) is 16.5. The Labute approximate surface area is 216 Å². The number of fused-ring (bicyclic) bond motifs is 2. The first-order valence-electron chi connectivity index (χ1n) is 11.9. The number of rotatable bonds is 2. The molecule has 2 atom stereocenters. The Bertz CT molecular complexity index is 1490. The predicted octanol–water partition coefficient (Wildman–Crippen LogP) is 4.38. The van der Waals surface area contributed by atoms with Crippen LogP contribution in [-0.4, -0.2) is 50.2 Å². The molecule has 1 aromatic carbocycles. The molecule has 15 heteroatoms. The Morgan fingerprint density at radius 2 is 1.82 bits per heavy atom. The molecule has 2 aliphatic heterocycles. The third kappa shape index (κ3) is 4.61. The number of nitrogens with zero attached hydrogens (tertiary/aromatic N) is 7. The van der Waals surface area contributed by atoms with Crippen molar-refractivity contribution in [1.29, 1.82) is 5.26 Å². The van der Waals surface area contributed by atoms with Gasteiger partial charge in [0.15, 0.2) is 11.6 Å². The smallest absolute Gasteiger partial charge is 0.370 e. The first-order chi connectivity index (χ1) is 18.3. The average Bonchev–Trinajstić information content (AvgIpc) is 3.31. The summed E-state index contributed by atoms with van der Waals surface area (Å²) in [5.41, 5.74) is -1.69. The van der Waals surface area contributed by atoms with Crippen molar-refractivity contribution in [2.24, 2.45) is 11.8 Å². The van der Waals surface area contributed by atoms with Gasteiger partial charge in [-0.2, -0.15) is 31.6 Å². The van der Waals surface area contributed by atoms with E-state index in [-0.39, 0.29) is 67.0 Å². The molecule has 3 aromatic rings. The van der Waals surface area contributed by atoms with Crippen molar-refractivity contribution in [2.75, 3.05) is 24.5 Å². The summed E-state index contributed by atoms with van der Waals surface area (Å²) in [6, 6.07) is 3.66. The molecule has 39 heavy (non-hydrogen) atoms. The van der Waals surface area contributed by atoms with Crippen molar-refractivity contribution in [2.45, 2.75) is 38.8 Å². The summed E-state index contributed by atoms with van der Waals surface area (Å²) in [6.45, 7) is 2.09. The molecule has 0 aliphatic carbocycles. The Balaban J connectivity index is 1.37. The summed E-state index contributed by atoms with van der Waals surface area (Å²) in [6.07, 6.45) is -8.25. The van der Waals surface area contributed by atoms with Gasteiger partial charge in [-0.3, -0.25) is 9.78 Å². The van der Waals surface area contributed by atoms with Crippen molar-refractivity contribution >= 4 is 22.5 Å². The van der Waals surface area contributed by atoms with E-state index < -0.39 is 41.0 Å². The number of hydrogen-bond acceptors (Lipinski definition) is 6. The largest absolute Gasteiger partial charge is 0.451 e. The zero-order chi connectivity index (χ0) is 28.3. The number of carbonyl (C=O) groups excluding carboxylic acids is 1. The molecule has 0 bridgehead atoms. The minimum absolute atomic E-state index is 0.0363. The standard InChI is InChI=1S/C24H20F7N7O/c1-12-10-36(20-13(8-32)9-33-19-15(20)2-3-16(18(19)25)23(26,27)28)5-4-14(12)21(39)37-6-7-38-17(11-37)34-35-22(38)24(29,30)31/h2-3,9,12,14H,4-7,10-11H2,1H3/t12-,14+/m1/s1. The molecule has 1 fully saturated rings. The third-order valence-electron chi connectivity index (χ3n) is 7.23. The van der Waals surface area contributed by atoms with Gasteiger partial charge in [0.25, 0.3) is 0 Å². The number of amides is 1. The summed E-state index contributed by atoms with van der Waals surface area (Å²) in [7, 11) is 0. The van der Waals surface area contributed by atoms with Crippen LogP contribution in [0.2, 0.25) is 0 Å². The van der Waals surface area contributed by atoms with E-state index in [4.69, 9.17) is 0 Å². The fourth-order valence-corrected chi connectivity index (χ4v) is 5.36. The highest BCUT2D eigenvalue weighted by molar-refractivity contribution is 5.95. The van der Waals surface area contributed by atoms with E-state index in [0.717, 1.165) is 16.8 Å². The highest BCUT2D eigenvalue weighted by Crippen LogP contribution is 2.39. The summed E-state index contributed by atoms with van der Waals surface area (Å²) in [4.78, 5) is 20.3. The maximum atomic E-state index is 14.8. The fraction of sp³-hybridized carbons (Fsp3) is 0.458. The van der Waals surface area contributed by atoms with Crippen molar-refractivity contribution in [3.8, 4) is 6.07 Å². The van der Waals surface area contributed by atoms with Crippen LogP contribution in [0, 0.1) is 29.0 Å². The molecule has 0 N–H and O–H groups in total. The van der Waals surface area contributed by atoms with Gasteiger partial charge in [0.1, 0.15) is 11.6 Å². The monoisotopic (exact) mass is 555 g/mol. The quantitative estimate of drug-likeness (QED) is 0.436. The molecular weight excluding hydrogens is 535 g/mol. The van der Waals surface area contributed by atoms with E-state index in [9.17, 15) is 40.8 Å². The number of anilines is 1. The van der Waals surface area contributed by atoms with Crippen molar-refractivity contribution in [1.82, 2.24) is 24.6 Å². The number of pyridine rings is 1. The highest BCUT2D eigenvalue weighted by atomic mass is 19.4. The second kappa shape index (κ2) is 9.35. The second-order valence-electron chi connectivity index (χ2n) is 9.62. The van der Waals surface area contributed by atoms with E-state index in [1.165, 1.54) is 4.90 Å². The minimum Gasteiger partial charge on any atom is -0.370 e. The van der Waals surface area contributed by atoms with Crippen LogP contribution in [0.4, 0.5) is 36.4 Å². The Morgan fingerprint density at radius 3 is 2.46 bits per heavy atom. The number of halogens is 7. The van der Waals surface area contributed by atoms with Crippen LogP contribution in [0.1, 0.15) is 36.1 Å². The van der Waals surface area contributed by atoms with E-state index in [1.807, 2.05) is 6.07 Å². The first kappa shape index (κ1) is 26.6. The van der Waals surface area contributed by atoms with Crippen LogP contribution in [0.15, 0.2) is 18.3 Å². The van der Waals surface area contributed by atoms with E-state index in [0.29, 0.717) is 12.5 Å². The molecule has 1 amide bonds. The van der Waals surface area contributed by atoms with Crippen molar-refractivity contribution < 1.29 is 35.5 Å². The summed E-state index contributed by atoms with van der Waals surface area (Å²) in [5.74, 6) is -3.66. The number of nitriles is 1. The topological polar surface area (TPSA) is 90.9 Å². The van der Waals surface area contributed by atoms with Gasteiger partial charge < -0.3 is 14.4 Å². The van der Waals surface area contributed by atoms with Crippen LogP contribution in [-0.2, 0) is 30.2 Å². The molecule has 0 saturated carbocycles. The molecule has 206 valence electrons. The van der Waals surface area contributed by atoms with Gasteiger partial charge in [-0.1, -0.05) is 6.92 Å². The lowest BCUT2D eigenvalue weighted by Crippen LogP contribution is -2.49. The molecule has 4 heterocycles. The molecule has 0 radical (unpaired) electrons. The number of carbonyl (C=O) groups is 1. The molecule has 8 nitrogen and oxygen atoms in total. The molecule has 2 aliphatic rings. The molecule has 5 rings (SSSR count). The number of alkyl halides is 6. The van der Waals surface area contributed by atoms with Crippen molar-refractivity contribution in [3.05, 3.63) is 46.9 Å². The van der Waals surface area contributed by atoms with Gasteiger partial charge in [0.2, 0.25) is 11.7 Å². The predicted molar refractivity (Wildman–Crippen MR) is 121 cm³/mol. The molecule has 1 saturated heterocycles. The lowest BCUT2D eigenvalue weighted by molar-refractivity contribution is -0.148. The second-order valence-corrected chi connectivity index (χ2v) is 9.62. The fourth-order valence-electron chi connectivity index (χ4n) is 5.36. The van der Waals surface area contributed by atoms with Crippen LogP contribution in [0.5, 0.6) is 0 Å². The number of piperidine rings is 1. The van der Waals surface area contributed by atoms with Crippen LogP contribution >= 0.6 is 0 Å². The molecule has 0 spiro atoms. The number of aromatic nitrogens is 4. The van der Waals surface area contributed by atoms with Gasteiger partial charge in [-0.05, 0) is 24.5 Å². The van der Waals surface area contributed by atoms with Crippen LogP contribution in [0.3, 0.4) is 0 Å². The lowest BCUT2D eigenvalue weighted by atomic mass is 9.85. The summed E-state index contributed by atoms with van der Waals surface area (Å²) < 4.78 is 94.7. The Morgan fingerprint density at radius 1 is 1.08 bits per heavy atom. The Hall–Kier alpha value is -3.96. The lowest BCUT2D eigenvalue weighted by Gasteiger charge is -2.40. The normalized spacial score (nSPS) is 20.2. The zero-order valence-corrected chi connectivity index (χ0v) is 20.3. The maximum absolute atomic E-state index is 14.8. The molecule has 0 unspecified atom stereocenters. The Kier molecular flexibility index (Phi) is 6.39. The zero-order valence-electron chi connectivity index (χ0n) is 20.3. The SMILES string of the molecule is C[C@@H]1CN(c2c(C#N)cnc3c(F)c(C(F)(F)F)ccc23)CC[C@@H]1C(=O)N1CCn2c(nnc2C(F)(F)F)C1. The third-order valence-corrected chi connectivity index (χ3v) is 7.23. The molecule has 2 aromatic heterocycles. The highest BCUT2D eigenvalue weighted by Gasteiger charge is 2.42. The van der Waals surface area contributed by atoms with Crippen molar-refractivity contribution in [3.63, 3.8) is 0 Å². The minimum atomic E-state index is -4.92. The van der Waals surface area contributed by atoms with E-state index >= 15 is 0 Å². The van der Waals surface area contributed by atoms with Gasteiger partial charge >= 0.3 is 12.4 Å². The maximum Gasteiger partial charge on any atom is 0.451 e. The van der Waals surface area contributed by atoms with Crippen LogP contribution in [0.25, 0.3) is 10.9 Å². The first-order valence-corrected chi connectivity index (χ1v) is 11.9. The van der Waals surface area contributed by atoms with Gasteiger partial charge in [-0.25, -0.2) is 4.39 Å². The summed E-state index contributed by atoms with van der Waals surface area (Å²) >= 11 is 0. The van der Waals surface area contributed by atoms with Crippen LogP contribution < -0.4 is 4.90 Å². The van der Waals surface area contributed by atoms with E-state index in [2.05, 4.69) is 15.2 Å². The van der Waals surface area contributed by atoms with E-state index in [1.54, 1.807) is 11.8 Å². The number of hydrogen-bond donors (Lipinski definition) is 0. The van der Waals surface area contributed by atoms with Gasteiger partial charge in [0, 0.05) is 43.7 Å². The van der Waals surface area contributed by atoms with Gasteiger partial charge in [-0.15, -0.1) is 10.2 Å². The number of benzene rings is 1.